The summed E-state index contributed by atoms with van der Waals surface area (Å²) in [6.07, 6.45) is 2.74. The third-order valence-corrected chi connectivity index (χ3v) is 7.20. The van der Waals surface area contributed by atoms with Gasteiger partial charge < -0.3 is 10.2 Å². The average molecular weight is 443 g/mol. The SMILES string of the molecule is CC1(C)Cc2c(sc(/N=C/N(Cc3ccccc3)Cc3ccccc3)c2C#N)C(C)(C)N1. The van der Waals surface area contributed by atoms with Gasteiger partial charge in [0.1, 0.15) is 11.1 Å². The van der Waals surface area contributed by atoms with E-state index in [-0.39, 0.29) is 11.1 Å². The Balaban J connectivity index is 1.67. The first-order chi connectivity index (χ1) is 15.3. The molecular formula is C27H30N4S. The number of fused-ring (bicyclic) bond motifs is 1. The quantitative estimate of drug-likeness (QED) is 0.368. The van der Waals surface area contributed by atoms with Crippen molar-refractivity contribution in [2.45, 2.75) is 58.3 Å². The van der Waals surface area contributed by atoms with E-state index < -0.39 is 0 Å². The van der Waals surface area contributed by atoms with E-state index in [2.05, 4.69) is 92.5 Å². The van der Waals surface area contributed by atoms with Crippen LogP contribution in [0.1, 0.15) is 54.8 Å². The summed E-state index contributed by atoms with van der Waals surface area (Å²) < 4.78 is 0. The number of aliphatic imine (C=N–C) groups is 1. The zero-order valence-corrected chi connectivity index (χ0v) is 20.0. The molecule has 2 heterocycles. The minimum Gasteiger partial charge on any atom is -0.354 e. The lowest BCUT2D eigenvalue weighted by atomic mass is 9.81. The van der Waals surface area contributed by atoms with Crippen molar-refractivity contribution in [2.75, 3.05) is 0 Å². The minimum atomic E-state index is -0.186. The first-order valence-corrected chi connectivity index (χ1v) is 11.8. The zero-order chi connectivity index (χ0) is 22.8. The van der Waals surface area contributed by atoms with Crippen LogP contribution >= 0.6 is 11.3 Å². The highest BCUT2D eigenvalue weighted by Gasteiger charge is 2.40. The third-order valence-electron chi connectivity index (χ3n) is 5.73. The Labute approximate surface area is 195 Å². The first-order valence-electron chi connectivity index (χ1n) is 11.0. The molecule has 0 amide bonds. The summed E-state index contributed by atoms with van der Waals surface area (Å²) in [6.45, 7) is 10.3. The summed E-state index contributed by atoms with van der Waals surface area (Å²) in [6, 6.07) is 23.3. The van der Waals surface area contributed by atoms with Crippen LogP contribution in [0, 0.1) is 11.3 Å². The number of hydrogen-bond donors (Lipinski definition) is 1. The molecule has 4 nitrogen and oxygen atoms in total. The Morgan fingerprint density at radius 2 is 1.56 bits per heavy atom. The number of nitrogens with zero attached hydrogens (tertiary/aromatic N) is 3. The van der Waals surface area contributed by atoms with E-state index in [1.807, 2.05) is 18.5 Å². The molecule has 0 saturated heterocycles. The molecule has 2 aromatic carbocycles. The molecule has 3 aromatic rings. The highest BCUT2D eigenvalue weighted by atomic mass is 32.1. The monoisotopic (exact) mass is 442 g/mol. The van der Waals surface area contributed by atoms with E-state index in [9.17, 15) is 5.26 Å². The number of benzene rings is 2. The predicted octanol–water partition coefficient (Wildman–Crippen LogP) is 6.14. The summed E-state index contributed by atoms with van der Waals surface area (Å²) in [5, 5.41) is 14.5. The summed E-state index contributed by atoms with van der Waals surface area (Å²) in [5.41, 5.74) is 4.09. The van der Waals surface area contributed by atoms with Gasteiger partial charge in [-0.25, -0.2) is 4.99 Å². The maximum absolute atomic E-state index is 9.99. The topological polar surface area (TPSA) is 51.4 Å². The molecule has 0 aliphatic carbocycles. The van der Waals surface area contributed by atoms with Crippen LogP contribution < -0.4 is 5.32 Å². The predicted molar refractivity (Wildman–Crippen MR) is 133 cm³/mol. The molecule has 0 radical (unpaired) electrons. The molecule has 0 atom stereocenters. The van der Waals surface area contributed by atoms with Gasteiger partial charge in [0.05, 0.1) is 11.9 Å². The minimum absolute atomic E-state index is 0.0587. The van der Waals surface area contributed by atoms with Crippen molar-refractivity contribution in [3.63, 3.8) is 0 Å². The van der Waals surface area contributed by atoms with Crippen LogP contribution in [-0.2, 0) is 25.0 Å². The fraction of sp³-hybridized carbons (Fsp3) is 0.333. The van der Waals surface area contributed by atoms with Crippen molar-refractivity contribution >= 4 is 22.7 Å². The number of thiophene rings is 1. The lowest BCUT2D eigenvalue weighted by molar-refractivity contribution is 0.247. The fourth-order valence-electron chi connectivity index (χ4n) is 4.63. The smallest absolute Gasteiger partial charge is 0.136 e. The van der Waals surface area contributed by atoms with E-state index in [1.165, 1.54) is 16.0 Å². The van der Waals surface area contributed by atoms with Gasteiger partial charge in [0.15, 0.2) is 0 Å². The molecule has 1 N–H and O–H groups in total. The Kier molecular flexibility index (Phi) is 6.19. The van der Waals surface area contributed by atoms with Gasteiger partial charge >= 0.3 is 0 Å². The van der Waals surface area contributed by atoms with Crippen LogP contribution in [0.15, 0.2) is 65.7 Å². The van der Waals surface area contributed by atoms with Gasteiger partial charge in [-0.05, 0) is 50.8 Å². The van der Waals surface area contributed by atoms with Gasteiger partial charge in [0.2, 0.25) is 0 Å². The summed E-state index contributed by atoms with van der Waals surface area (Å²) >= 11 is 1.64. The van der Waals surface area contributed by atoms with Crippen molar-refractivity contribution in [2.24, 2.45) is 4.99 Å². The first kappa shape index (κ1) is 22.3. The van der Waals surface area contributed by atoms with Crippen LogP contribution in [0.25, 0.3) is 0 Å². The van der Waals surface area contributed by atoms with Crippen molar-refractivity contribution in [3.05, 3.63) is 87.8 Å². The summed E-state index contributed by atoms with van der Waals surface area (Å²) in [5.74, 6) is 0. The van der Waals surface area contributed by atoms with Crippen LogP contribution in [0.4, 0.5) is 5.00 Å². The Bertz CT molecular complexity index is 1100. The Morgan fingerprint density at radius 3 is 2.09 bits per heavy atom. The van der Waals surface area contributed by atoms with Crippen LogP contribution in [0.5, 0.6) is 0 Å². The molecule has 1 aliphatic heterocycles. The summed E-state index contributed by atoms with van der Waals surface area (Å²) in [4.78, 5) is 8.28. The molecule has 5 heteroatoms. The molecule has 0 spiro atoms. The number of nitrogens with one attached hydrogen (secondary N) is 1. The lowest BCUT2D eigenvalue weighted by Gasteiger charge is -2.42. The number of rotatable bonds is 6. The molecular weight excluding hydrogens is 412 g/mol. The normalized spacial score (nSPS) is 16.5. The molecule has 4 rings (SSSR count). The van der Waals surface area contributed by atoms with Crippen molar-refractivity contribution in [3.8, 4) is 6.07 Å². The van der Waals surface area contributed by atoms with E-state index >= 15 is 0 Å². The number of hydrogen-bond acceptors (Lipinski definition) is 4. The van der Waals surface area contributed by atoms with E-state index in [4.69, 9.17) is 4.99 Å². The second kappa shape index (κ2) is 8.90. The highest BCUT2D eigenvalue weighted by molar-refractivity contribution is 7.16. The van der Waals surface area contributed by atoms with Gasteiger partial charge in [-0.15, -0.1) is 11.3 Å². The number of nitriles is 1. The van der Waals surface area contributed by atoms with Crippen molar-refractivity contribution in [1.29, 1.82) is 5.26 Å². The molecule has 1 aromatic heterocycles. The van der Waals surface area contributed by atoms with Gasteiger partial charge in [-0.2, -0.15) is 5.26 Å². The molecule has 0 saturated carbocycles. The van der Waals surface area contributed by atoms with E-state index in [0.717, 1.165) is 35.6 Å². The Hall–Kier alpha value is -2.94. The second-order valence-corrected chi connectivity index (χ2v) is 10.6. The molecule has 32 heavy (non-hydrogen) atoms. The van der Waals surface area contributed by atoms with Gasteiger partial charge in [0.25, 0.3) is 0 Å². The zero-order valence-electron chi connectivity index (χ0n) is 19.2. The fourth-order valence-corrected chi connectivity index (χ4v) is 5.80. The van der Waals surface area contributed by atoms with Gasteiger partial charge in [-0.3, -0.25) is 0 Å². The molecule has 0 unspecified atom stereocenters. The highest BCUT2D eigenvalue weighted by Crippen LogP contribution is 2.45. The van der Waals surface area contributed by atoms with E-state index in [1.54, 1.807) is 11.3 Å². The maximum atomic E-state index is 9.99. The van der Waals surface area contributed by atoms with Crippen molar-refractivity contribution in [1.82, 2.24) is 10.2 Å². The largest absolute Gasteiger partial charge is 0.354 e. The second-order valence-electron chi connectivity index (χ2n) is 9.63. The van der Waals surface area contributed by atoms with E-state index in [0.29, 0.717) is 0 Å². The molecule has 1 aliphatic rings. The van der Waals surface area contributed by atoms with Gasteiger partial charge in [0, 0.05) is 29.0 Å². The van der Waals surface area contributed by atoms with Gasteiger partial charge in [-0.1, -0.05) is 60.7 Å². The maximum Gasteiger partial charge on any atom is 0.136 e. The average Bonchev–Trinajstić information content (AvgIpc) is 3.10. The Morgan fingerprint density at radius 1 is 1.00 bits per heavy atom. The summed E-state index contributed by atoms with van der Waals surface area (Å²) in [7, 11) is 0. The van der Waals surface area contributed by atoms with Crippen molar-refractivity contribution < 1.29 is 0 Å². The molecule has 164 valence electrons. The third kappa shape index (κ3) is 4.93. The lowest BCUT2D eigenvalue weighted by Crippen LogP contribution is -2.54. The van der Waals surface area contributed by atoms with Crippen LogP contribution in [0.3, 0.4) is 0 Å². The molecule has 0 fully saturated rings. The van der Waals surface area contributed by atoms with Crippen LogP contribution in [-0.4, -0.2) is 16.8 Å². The standard InChI is InChI=1S/C27H30N4S/c1-26(2)15-22-23(16-28)25(32-24(22)27(3,4)30-26)29-19-31(17-20-11-7-5-8-12-20)18-21-13-9-6-10-14-21/h5-14,19,30H,15,17-18H2,1-4H3/b29-19+. The van der Waals surface area contributed by atoms with Crippen LogP contribution in [0.2, 0.25) is 0 Å². The molecule has 0 bridgehead atoms.